The Kier molecular flexibility index (Phi) is 4.87. The first-order valence-corrected chi connectivity index (χ1v) is 8.95. The van der Waals surface area contributed by atoms with Gasteiger partial charge in [-0.1, -0.05) is 23.8 Å². The number of anilines is 1. The Morgan fingerprint density at radius 2 is 1.55 bits per heavy atom. The van der Waals surface area contributed by atoms with Crippen LogP contribution in [-0.2, 0) is 0 Å². The first kappa shape index (κ1) is 18.1. The maximum Gasteiger partial charge on any atom is 0.255 e. The fourth-order valence-corrected chi connectivity index (χ4v) is 2.79. The van der Waals surface area contributed by atoms with Crippen molar-refractivity contribution in [2.24, 2.45) is 0 Å². The number of amides is 1. The lowest BCUT2D eigenvalue weighted by molar-refractivity contribution is 0.102. The van der Waals surface area contributed by atoms with Gasteiger partial charge in [0.2, 0.25) is 11.8 Å². The van der Waals surface area contributed by atoms with Crippen molar-refractivity contribution < 1.29 is 9.21 Å². The minimum atomic E-state index is -0.266. The Balaban J connectivity index is 1.50. The molecule has 0 aliphatic heterocycles. The Labute approximate surface area is 167 Å². The molecule has 0 saturated heterocycles. The molecule has 4 aromatic rings. The van der Waals surface area contributed by atoms with Crippen LogP contribution in [0.1, 0.15) is 21.5 Å². The van der Waals surface area contributed by atoms with Gasteiger partial charge in [0.05, 0.1) is 11.6 Å². The highest BCUT2D eigenvalue weighted by molar-refractivity contribution is 6.04. The van der Waals surface area contributed by atoms with Gasteiger partial charge in [0.25, 0.3) is 5.91 Å². The van der Waals surface area contributed by atoms with Crippen molar-refractivity contribution in [2.75, 3.05) is 5.32 Å². The summed E-state index contributed by atoms with van der Waals surface area (Å²) in [5.41, 5.74) is 4.26. The van der Waals surface area contributed by atoms with E-state index in [0.717, 1.165) is 16.7 Å². The van der Waals surface area contributed by atoms with E-state index in [1.807, 2.05) is 37.3 Å². The average molecular weight is 380 g/mol. The average Bonchev–Trinajstić information content (AvgIpc) is 3.25. The van der Waals surface area contributed by atoms with Crippen molar-refractivity contribution in [1.82, 2.24) is 10.2 Å². The SMILES string of the molecule is Cc1ccc(-c2nnc(-c3ccc(C(=O)Nc4cccc(C#N)c4)cc3)o2)cc1. The highest BCUT2D eigenvalue weighted by Gasteiger charge is 2.12. The van der Waals surface area contributed by atoms with E-state index < -0.39 is 0 Å². The van der Waals surface area contributed by atoms with Crippen molar-refractivity contribution in [3.63, 3.8) is 0 Å². The number of rotatable bonds is 4. The molecule has 4 rings (SSSR count). The second kappa shape index (κ2) is 7.79. The van der Waals surface area contributed by atoms with Gasteiger partial charge in [-0.2, -0.15) is 5.26 Å². The van der Waals surface area contributed by atoms with Crippen molar-refractivity contribution in [2.45, 2.75) is 6.92 Å². The molecule has 0 spiro atoms. The molecule has 0 saturated carbocycles. The second-order valence-corrected chi connectivity index (χ2v) is 6.50. The Morgan fingerprint density at radius 1 is 0.931 bits per heavy atom. The zero-order valence-corrected chi connectivity index (χ0v) is 15.6. The van der Waals surface area contributed by atoms with E-state index in [9.17, 15) is 4.79 Å². The summed E-state index contributed by atoms with van der Waals surface area (Å²) >= 11 is 0. The van der Waals surface area contributed by atoms with Gasteiger partial charge in [-0.25, -0.2) is 0 Å². The molecule has 0 fully saturated rings. The van der Waals surface area contributed by atoms with Gasteiger partial charge in [-0.05, 0) is 61.5 Å². The minimum absolute atomic E-state index is 0.266. The molecular weight excluding hydrogens is 364 g/mol. The molecule has 0 radical (unpaired) electrons. The normalized spacial score (nSPS) is 10.3. The zero-order valence-electron chi connectivity index (χ0n) is 15.6. The molecule has 1 heterocycles. The predicted molar refractivity (Wildman–Crippen MR) is 109 cm³/mol. The van der Waals surface area contributed by atoms with E-state index in [2.05, 4.69) is 15.5 Å². The van der Waals surface area contributed by atoms with Crippen molar-refractivity contribution in [3.05, 3.63) is 89.5 Å². The molecule has 1 aromatic heterocycles. The van der Waals surface area contributed by atoms with E-state index in [0.29, 0.717) is 28.6 Å². The van der Waals surface area contributed by atoms with Gasteiger partial charge in [0, 0.05) is 22.4 Å². The number of carbonyl (C=O) groups excluding carboxylic acids is 1. The van der Waals surface area contributed by atoms with E-state index >= 15 is 0 Å². The highest BCUT2D eigenvalue weighted by Crippen LogP contribution is 2.24. The molecule has 1 N–H and O–H groups in total. The first-order valence-electron chi connectivity index (χ1n) is 8.95. The number of aromatic nitrogens is 2. The van der Waals surface area contributed by atoms with E-state index in [-0.39, 0.29) is 5.91 Å². The number of nitrogens with one attached hydrogen (secondary N) is 1. The van der Waals surface area contributed by atoms with Gasteiger partial charge in [-0.3, -0.25) is 4.79 Å². The Morgan fingerprint density at radius 3 is 2.17 bits per heavy atom. The summed E-state index contributed by atoms with van der Waals surface area (Å²) in [4.78, 5) is 12.4. The van der Waals surface area contributed by atoms with Gasteiger partial charge in [0.1, 0.15) is 0 Å². The number of benzene rings is 3. The molecule has 1 amide bonds. The van der Waals surface area contributed by atoms with Crippen LogP contribution in [0.15, 0.2) is 77.2 Å². The minimum Gasteiger partial charge on any atom is -0.416 e. The molecule has 0 aliphatic carbocycles. The monoisotopic (exact) mass is 380 g/mol. The third-order valence-corrected chi connectivity index (χ3v) is 4.37. The van der Waals surface area contributed by atoms with Gasteiger partial charge < -0.3 is 9.73 Å². The number of nitriles is 1. The summed E-state index contributed by atoms with van der Waals surface area (Å²) in [7, 11) is 0. The summed E-state index contributed by atoms with van der Waals surface area (Å²) in [6, 6.07) is 23.5. The molecule has 6 nitrogen and oxygen atoms in total. The number of hydrogen-bond donors (Lipinski definition) is 1. The lowest BCUT2D eigenvalue weighted by atomic mass is 10.1. The van der Waals surface area contributed by atoms with E-state index in [4.69, 9.17) is 9.68 Å². The van der Waals surface area contributed by atoms with E-state index in [1.54, 1.807) is 48.5 Å². The molecule has 6 heteroatoms. The molecule has 0 atom stereocenters. The van der Waals surface area contributed by atoms with Gasteiger partial charge >= 0.3 is 0 Å². The van der Waals surface area contributed by atoms with Crippen LogP contribution in [0.2, 0.25) is 0 Å². The number of hydrogen-bond acceptors (Lipinski definition) is 5. The van der Waals surface area contributed by atoms with Crippen LogP contribution in [-0.4, -0.2) is 16.1 Å². The summed E-state index contributed by atoms with van der Waals surface area (Å²) in [6.45, 7) is 2.01. The fourth-order valence-electron chi connectivity index (χ4n) is 2.79. The van der Waals surface area contributed by atoms with Crippen molar-refractivity contribution in [1.29, 1.82) is 5.26 Å². The lowest BCUT2D eigenvalue weighted by Crippen LogP contribution is -2.11. The van der Waals surface area contributed by atoms with Crippen molar-refractivity contribution in [3.8, 4) is 29.0 Å². The Hall–Kier alpha value is -4.24. The molecule has 29 heavy (non-hydrogen) atoms. The highest BCUT2D eigenvalue weighted by atomic mass is 16.4. The summed E-state index contributed by atoms with van der Waals surface area (Å²) in [6.07, 6.45) is 0. The maximum absolute atomic E-state index is 12.4. The number of aryl methyl sites for hydroxylation is 1. The molecular formula is C23H16N4O2. The number of carbonyl (C=O) groups is 1. The zero-order chi connectivity index (χ0) is 20.2. The quantitative estimate of drug-likeness (QED) is 0.547. The third-order valence-electron chi connectivity index (χ3n) is 4.37. The van der Waals surface area contributed by atoms with Crippen molar-refractivity contribution >= 4 is 11.6 Å². The summed E-state index contributed by atoms with van der Waals surface area (Å²) in [5.74, 6) is 0.561. The lowest BCUT2D eigenvalue weighted by Gasteiger charge is -2.06. The van der Waals surface area contributed by atoms with Crippen LogP contribution in [0.3, 0.4) is 0 Å². The molecule has 0 bridgehead atoms. The van der Waals surface area contributed by atoms with Crippen LogP contribution < -0.4 is 5.32 Å². The smallest absolute Gasteiger partial charge is 0.255 e. The van der Waals surface area contributed by atoms with Crippen LogP contribution in [0, 0.1) is 18.3 Å². The molecule has 3 aromatic carbocycles. The second-order valence-electron chi connectivity index (χ2n) is 6.50. The standard InChI is InChI=1S/C23H16N4O2/c1-15-5-7-18(8-6-15)22-26-27-23(29-22)19-11-9-17(10-12-19)21(28)25-20-4-2-3-16(13-20)14-24/h2-13H,1H3,(H,25,28). The van der Waals surface area contributed by atoms with E-state index in [1.165, 1.54) is 0 Å². The summed E-state index contributed by atoms with van der Waals surface area (Å²) < 4.78 is 5.76. The molecule has 0 aliphatic rings. The van der Waals surface area contributed by atoms with Crippen LogP contribution >= 0.6 is 0 Å². The van der Waals surface area contributed by atoms with Gasteiger partial charge in [0.15, 0.2) is 0 Å². The maximum atomic E-state index is 12.4. The summed E-state index contributed by atoms with van der Waals surface area (Å²) in [5, 5.41) is 19.9. The Bertz CT molecular complexity index is 1200. The largest absolute Gasteiger partial charge is 0.416 e. The topological polar surface area (TPSA) is 91.8 Å². The predicted octanol–water partition coefficient (Wildman–Crippen LogP) is 4.84. The van der Waals surface area contributed by atoms with Crippen LogP contribution in [0.25, 0.3) is 22.9 Å². The fraction of sp³-hybridized carbons (Fsp3) is 0.0435. The first-order chi connectivity index (χ1) is 14.1. The van der Waals surface area contributed by atoms with Crippen LogP contribution in [0.5, 0.6) is 0 Å². The third kappa shape index (κ3) is 4.04. The molecule has 140 valence electrons. The number of nitrogens with zero attached hydrogens (tertiary/aromatic N) is 3. The van der Waals surface area contributed by atoms with Gasteiger partial charge in [-0.15, -0.1) is 10.2 Å². The molecule has 0 unspecified atom stereocenters. The van der Waals surface area contributed by atoms with Crippen LogP contribution in [0.4, 0.5) is 5.69 Å².